The minimum Gasteiger partial charge on any atom is -0.486 e. The van der Waals surface area contributed by atoms with Crippen LogP contribution in [-0.4, -0.2) is 16.1 Å². The van der Waals surface area contributed by atoms with Crippen molar-refractivity contribution in [1.82, 2.24) is 10.2 Å². The molecule has 0 atom stereocenters. The number of nitrogens with zero attached hydrogens (tertiary/aromatic N) is 2. The fourth-order valence-electron chi connectivity index (χ4n) is 1.74. The van der Waals surface area contributed by atoms with Crippen LogP contribution in [-0.2, 0) is 6.61 Å². The molecule has 0 saturated carbocycles. The Morgan fingerprint density at radius 2 is 1.95 bits per heavy atom. The molecule has 0 radical (unpaired) electrons. The second-order valence-electron chi connectivity index (χ2n) is 4.47. The molecule has 5 nitrogen and oxygen atoms in total. The van der Waals surface area contributed by atoms with Gasteiger partial charge in [-0.25, -0.2) is 0 Å². The van der Waals surface area contributed by atoms with E-state index in [4.69, 9.17) is 4.74 Å². The molecule has 1 amide bonds. The summed E-state index contributed by atoms with van der Waals surface area (Å²) in [5.41, 5.74) is 0. The van der Waals surface area contributed by atoms with Gasteiger partial charge in [0.1, 0.15) is 12.4 Å². The zero-order chi connectivity index (χ0) is 15.4. The summed E-state index contributed by atoms with van der Waals surface area (Å²) in [5, 5.41) is 11.9. The number of anilines is 1. The van der Waals surface area contributed by atoms with Crippen LogP contribution in [0.25, 0.3) is 0 Å². The number of hydrogen-bond donors (Lipinski definition) is 1. The van der Waals surface area contributed by atoms with Gasteiger partial charge in [-0.2, -0.15) is 0 Å². The maximum Gasteiger partial charge on any atom is 0.267 e. The average Bonchev–Trinajstić information content (AvgIpc) is 3.15. The highest BCUT2D eigenvalue weighted by Gasteiger charge is 2.12. The van der Waals surface area contributed by atoms with Crippen LogP contribution in [0.2, 0.25) is 0 Å². The van der Waals surface area contributed by atoms with Gasteiger partial charge in [0.05, 0.1) is 4.88 Å². The number of hydrogen-bond acceptors (Lipinski definition) is 6. The van der Waals surface area contributed by atoms with Crippen molar-refractivity contribution < 1.29 is 9.53 Å². The Hall–Kier alpha value is -2.25. The minimum atomic E-state index is -0.162. The maximum absolute atomic E-state index is 12.0. The number of amides is 1. The highest BCUT2D eigenvalue weighted by Crippen LogP contribution is 2.21. The number of carbonyl (C=O) groups excluding carboxylic acids is 1. The molecule has 1 N–H and O–H groups in total. The maximum atomic E-state index is 12.0. The predicted molar refractivity (Wildman–Crippen MR) is 87.7 cm³/mol. The van der Waals surface area contributed by atoms with Crippen LogP contribution in [0.1, 0.15) is 19.6 Å². The van der Waals surface area contributed by atoms with Crippen molar-refractivity contribution in [1.29, 1.82) is 0 Å². The number of ether oxygens (including phenoxy) is 1. The highest BCUT2D eigenvalue weighted by atomic mass is 32.1. The van der Waals surface area contributed by atoms with Crippen molar-refractivity contribution in [2.45, 2.75) is 13.5 Å². The molecule has 3 rings (SSSR count). The second-order valence-corrected chi connectivity index (χ2v) is 6.82. The third kappa shape index (κ3) is 3.69. The van der Waals surface area contributed by atoms with Gasteiger partial charge in [0.2, 0.25) is 5.13 Å². The first-order valence-electron chi connectivity index (χ1n) is 6.59. The normalized spacial score (nSPS) is 10.4. The van der Waals surface area contributed by atoms with Crippen LogP contribution in [0.3, 0.4) is 0 Å². The SMILES string of the molecule is Cc1ccc(C(=O)Nc2nnc(COc3ccccc3)s2)s1. The molecule has 0 saturated heterocycles. The van der Waals surface area contributed by atoms with Gasteiger partial charge in [0, 0.05) is 4.88 Å². The van der Waals surface area contributed by atoms with Crippen LogP contribution < -0.4 is 10.1 Å². The van der Waals surface area contributed by atoms with E-state index in [0.717, 1.165) is 10.6 Å². The lowest BCUT2D eigenvalue weighted by atomic mass is 10.3. The summed E-state index contributed by atoms with van der Waals surface area (Å²) >= 11 is 2.76. The van der Waals surface area contributed by atoms with Gasteiger partial charge in [0.25, 0.3) is 5.91 Å². The largest absolute Gasteiger partial charge is 0.486 e. The first-order chi connectivity index (χ1) is 10.7. The monoisotopic (exact) mass is 331 g/mol. The fourth-order valence-corrected chi connectivity index (χ4v) is 3.15. The number of para-hydroxylation sites is 1. The lowest BCUT2D eigenvalue weighted by molar-refractivity contribution is 0.103. The van der Waals surface area contributed by atoms with E-state index in [1.54, 1.807) is 6.07 Å². The average molecular weight is 331 g/mol. The topological polar surface area (TPSA) is 64.1 Å². The fraction of sp³-hybridized carbons (Fsp3) is 0.133. The number of carbonyl (C=O) groups is 1. The number of nitrogens with one attached hydrogen (secondary N) is 1. The Kier molecular flexibility index (Phi) is 4.45. The Morgan fingerprint density at radius 1 is 1.14 bits per heavy atom. The molecule has 112 valence electrons. The zero-order valence-corrected chi connectivity index (χ0v) is 13.4. The molecular weight excluding hydrogens is 318 g/mol. The summed E-state index contributed by atoms with van der Waals surface area (Å²) in [6.07, 6.45) is 0. The van der Waals surface area contributed by atoms with Gasteiger partial charge in [-0.1, -0.05) is 29.5 Å². The Balaban J connectivity index is 1.58. The van der Waals surface area contributed by atoms with Crippen molar-refractivity contribution in [2.75, 3.05) is 5.32 Å². The molecule has 1 aromatic carbocycles. The summed E-state index contributed by atoms with van der Waals surface area (Å²) in [5.74, 6) is 0.613. The van der Waals surface area contributed by atoms with E-state index in [1.807, 2.05) is 43.3 Å². The number of aromatic nitrogens is 2. The van der Waals surface area contributed by atoms with E-state index in [-0.39, 0.29) is 5.91 Å². The van der Waals surface area contributed by atoms with E-state index in [0.29, 0.717) is 21.6 Å². The molecule has 7 heteroatoms. The molecule has 0 aliphatic carbocycles. The zero-order valence-electron chi connectivity index (χ0n) is 11.8. The molecule has 0 aliphatic heterocycles. The van der Waals surface area contributed by atoms with Gasteiger partial charge < -0.3 is 4.74 Å². The van der Waals surface area contributed by atoms with E-state index in [1.165, 1.54) is 22.7 Å². The van der Waals surface area contributed by atoms with E-state index in [9.17, 15) is 4.79 Å². The first-order valence-corrected chi connectivity index (χ1v) is 8.22. The first kappa shape index (κ1) is 14.7. The Bertz CT molecular complexity index is 768. The predicted octanol–water partition coefficient (Wildman–Crippen LogP) is 3.74. The van der Waals surface area contributed by atoms with Crippen LogP contribution in [0, 0.1) is 6.92 Å². The Labute approximate surface area is 135 Å². The molecular formula is C15H13N3O2S2. The van der Waals surface area contributed by atoms with Crippen LogP contribution in [0.4, 0.5) is 5.13 Å². The Morgan fingerprint density at radius 3 is 2.68 bits per heavy atom. The molecule has 0 unspecified atom stereocenters. The van der Waals surface area contributed by atoms with Gasteiger partial charge in [-0.15, -0.1) is 21.5 Å². The molecule has 3 aromatic rings. The summed E-state index contributed by atoms with van der Waals surface area (Å²) in [6.45, 7) is 2.29. The van der Waals surface area contributed by atoms with Crippen LogP contribution >= 0.6 is 22.7 Å². The van der Waals surface area contributed by atoms with Crippen molar-refractivity contribution in [3.8, 4) is 5.75 Å². The van der Waals surface area contributed by atoms with Gasteiger partial charge >= 0.3 is 0 Å². The van der Waals surface area contributed by atoms with Crippen LogP contribution in [0.5, 0.6) is 5.75 Å². The standard InChI is InChI=1S/C15H13N3O2S2/c1-10-7-8-12(21-10)14(19)16-15-18-17-13(22-15)9-20-11-5-3-2-4-6-11/h2-8H,9H2,1H3,(H,16,18,19). The summed E-state index contributed by atoms with van der Waals surface area (Å²) in [6, 6.07) is 13.2. The third-order valence-corrected chi connectivity index (χ3v) is 4.57. The molecule has 0 spiro atoms. The number of rotatable bonds is 5. The third-order valence-electron chi connectivity index (χ3n) is 2.76. The van der Waals surface area contributed by atoms with Crippen molar-refractivity contribution in [3.05, 3.63) is 57.2 Å². The smallest absolute Gasteiger partial charge is 0.267 e. The lowest BCUT2D eigenvalue weighted by Gasteiger charge is -2.01. The van der Waals surface area contributed by atoms with Crippen molar-refractivity contribution in [2.24, 2.45) is 0 Å². The molecule has 2 heterocycles. The lowest BCUT2D eigenvalue weighted by Crippen LogP contribution is -2.09. The van der Waals surface area contributed by atoms with Gasteiger partial charge in [-0.05, 0) is 31.2 Å². The second kappa shape index (κ2) is 6.67. The van der Waals surface area contributed by atoms with Gasteiger partial charge in [0.15, 0.2) is 5.01 Å². The minimum absolute atomic E-state index is 0.162. The molecule has 0 aliphatic rings. The van der Waals surface area contributed by atoms with E-state index in [2.05, 4.69) is 15.5 Å². The number of benzene rings is 1. The van der Waals surface area contributed by atoms with Crippen LogP contribution in [0.15, 0.2) is 42.5 Å². The van der Waals surface area contributed by atoms with Crippen molar-refractivity contribution in [3.63, 3.8) is 0 Å². The number of thiophene rings is 1. The summed E-state index contributed by atoms with van der Waals surface area (Å²) in [7, 11) is 0. The van der Waals surface area contributed by atoms with E-state index >= 15 is 0 Å². The molecule has 0 bridgehead atoms. The highest BCUT2D eigenvalue weighted by molar-refractivity contribution is 7.16. The molecule has 0 fully saturated rings. The summed E-state index contributed by atoms with van der Waals surface area (Å²) in [4.78, 5) is 13.8. The summed E-state index contributed by atoms with van der Waals surface area (Å²) < 4.78 is 5.60. The molecule has 22 heavy (non-hydrogen) atoms. The van der Waals surface area contributed by atoms with E-state index < -0.39 is 0 Å². The quantitative estimate of drug-likeness (QED) is 0.773. The number of aryl methyl sites for hydroxylation is 1. The molecule has 2 aromatic heterocycles. The van der Waals surface area contributed by atoms with Crippen molar-refractivity contribution >= 4 is 33.7 Å². The van der Waals surface area contributed by atoms with Gasteiger partial charge in [-0.3, -0.25) is 10.1 Å².